The van der Waals surface area contributed by atoms with E-state index in [1.54, 1.807) is 0 Å². The van der Waals surface area contributed by atoms with Crippen LogP contribution in [-0.2, 0) is 0 Å². The molecule has 1 heteroatoms. The maximum atomic E-state index is 9.88. The van der Waals surface area contributed by atoms with Crippen molar-refractivity contribution < 1.29 is 5.11 Å². The Morgan fingerprint density at radius 3 is 2.67 bits per heavy atom. The SMILES string of the molecule is C#CCC(O)c1cccc2ccccc12. The number of rotatable bonds is 2. The van der Waals surface area contributed by atoms with Crippen LogP contribution >= 0.6 is 0 Å². The molecular formula is C14H12O. The summed E-state index contributed by atoms with van der Waals surface area (Å²) in [7, 11) is 0. The Balaban J connectivity index is 2.56. The standard InChI is InChI=1S/C14H12O/c1-2-6-14(15)13-10-5-8-11-7-3-4-9-12(11)13/h1,3-5,7-10,14-15H,6H2. The molecule has 0 saturated heterocycles. The van der Waals surface area contributed by atoms with Gasteiger partial charge in [-0.05, 0) is 16.3 Å². The van der Waals surface area contributed by atoms with Crippen molar-refractivity contribution in [1.82, 2.24) is 0 Å². The second kappa shape index (κ2) is 4.16. The highest BCUT2D eigenvalue weighted by Crippen LogP contribution is 2.25. The maximum absolute atomic E-state index is 9.88. The number of fused-ring (bicyclic) bond motifs is 1. The molecule has 0 heterocycles. The Morgan fingerprint density at radius 1 is 1.13 bits per heavy atom. The van der Waals surface area contributed by atoms with E-state index >= 15 is 0 Å². The van der Waals surface area contributed by atoms with Crippen LogP contribution in [0.2, 0.25) is 0 Å². The van der Waals surface area contributed by atoms with Crippen LogP contribution in [0.5, 0.6) is 0 Å². The third kappa shape index (κ3) is 1.86. The molecule has 0 aliphatic carbocycles. The van der Waals surface area contributed by atoms with Crippen LogP contribution in [0.15, 0.2) is 42.5 Å². The second-order valence-corrected chi connectivity index (χ2v) is 3.49. The van der Waals surface area contributed by atoms with E-state index in [4.69, 9.17) is 6.42 Å². The van der Waals surface area contributed by atoms with Crippen LogP contribution in [0.25, 0.3) is 10.8 Å². The summed E-state index contributed by atoms with van der Waals surface area (Å²) in [6, 6.07) is 13.9. The maximum Gasteiger partial charge on any atom is 0.0905 e. The van der Waals surface area contributed by atoms with E-state index in [0.717, 1.165) is 16.3 Å². The number of hydrogen-bond acceptors (Lipinski definition) is 1. The Kier molecular flexibility index (Phi) is 2.71. The van der Waals surface area contributed by atoms with Gasteiger partial charge in [0, 0.05) is 6.42 Å². The number of benzene rings is 2. The minimum atomic E-state index is -0.568. The molecule has 0 amide bonds. The van der Waals surface area contributed by atoms with Gasteiger partial charge in [-0.3, -0.25) is 0 Å². The van der Waals surface area contributed by atoms with Crippen LogP contribution in [0.1, 0.15) is 18.1 Å². The summed E-state index contributed by atoms with van der Waals surface area (Å²) in [4.78, 5) is 0. The quantitative estimate of drug-likeness (QED) is 0.732. The van der Waals surface area contributed by atoms with Crippen molar-refractivity contribution >= 4 is 10.8 Å². The minimum Gasteiger partial charge on any atom is -0.387 e. The molecule has 2 aromatic carbocycles. The number of aliphatic hydroxyl groups excluding tert-OH is 1. The first kappa shape index (κ1) is 9.76. The summed E-state index contributed by atoms with van der Waals surface area (Å²) in [6.45, 7) is 0. The van der Waals surface area contributed by atoms with Gasteiger partial charge in [0.2, 0.25) is 0 Å². The van der Waals surface area contributed by atoms with Gasteiger partial charge in [-0.1, -0.05) is 42.5 Å². The molecule has 2 aromatic rings. The Hall–Kier alpha value is -1.78. The highest BCUT2D eigenvalue weighted by atomic mass is 16.3. The molecular weight excluding hydrogens is 184 g/mol. The predicted octanol–water partition coefficient (Wildman–Crippen LogP) is 2.90. The van der Waals surface area contributed by atoms with E-state index < -0.39 is 6.10 Å². The highest BCUT2D eigenvalue weighted by Gasteiger charge is 2.08. The molecule has 1 N–H and O–H groups in total. The molecule has 0 radical (unpaired) electrons. The fourth-order valence-electron chi connectivity index (χ4n) is 1.76. The van der Waals surface area contributed by atoms with E-state index in [0.29, 0.717) is 6.42 Å². The van der Waals surface area contributed by atoms with Crippen LogP contribution in [0, 0.1) is 12.3 Å². The van der Waals surface area contributed by atoms with Gasteiger partial charge < -0.3 is 5.11 Å². The van der Waals surface area contributed by atoms with Gasteiger partial charge in [0.25, 0.3) is 0 Å². The largest absolute Gasteiger partial charge is 0.387 e. The normalized spacial score (nSPS) is 12.3. The highest BCUT2D eigenvalue weighted by molar-refractivity contribution is 5.85. The summed E-state index contributed by atoms with van der Waals surface area (Å²) >= 11 is 0. The minimum absolute atomic E-state index is 0.355. The summed E-state index contributed by atoms with van der Waals surface area (Å²) in [5.74, 6) is 2.48. The zero-order valence-electron chi connectivity index (χ0n) is 8.35. The van der Waals surface area contributed by atoms with Crippen LogP contribution < -0.4 is 0 Å². The van der Waals surface area contributed by atoms with Gasteiger partial charge in [0.1, 0.15) is 0 Å². The smallest absolute Gasteiger partial charge is 0.0905 e. The zero-order chi connectivity index (χ0) is 10.7. The van der Waals surface area contributed by atoms with Crippen molar-refractivity contribution in [3.8, 4) is 12.3 Å². The fraction of sp³-hybridized carbons (Fsp3) is 0.143. The lowest BCUT2D eigenvalue weighted by atomic mass is 9.99. The molecule has 0 bridgehead atoms. The lowest BCUT2D eigenvalue weighted by Crippen LogP contribution is -1.96. The van der Waals surface area contributed by atoms with Crippen LogP contribution in [0.4, 0.5) is 0 Å². The molecule has 0 aromatic heterocycles. The molecule has 0 fully saturated rings. The lowest BCUT2D eigenvalue weighted by Gasteiger charge is -2.10. The van der Waals surface area contributed by atoms with Crippen LogP contribution in [-0.4, -0.2) is 5.11 Å². The molecule has 0 aliphatic rings. The van der Waals surface area contributed by atoms with Crippen LogP contribution in [0.3, 0.4) is 0 Å². The van der Waals surface area contributed by atoms with Gasteiger partial charge >= 0.3 is 0 Å². The molecule has 1 atom stereocenters. The molecule has 74 valence electrons. The zero-order valence-corrected chi connectivity index (χ0v) is 8.35. The molecule has 1 unspecified atom stereocenters. The Morgan fingerprint density at radius 2 is 1.87 bits per heavy atom. The van der Waals surface area contributed by atoms with Gasteiger partial charge in [0.05, 0.1) is 6.10 Å². The third-order valence-electron chi connectivity index (χ3n) is 2.49. The van der Waals surface area contributed by atoms with Crippen molar-refractivity contribution in [3.05, 3.63) is 48.0 Å². The van der Waals surface area contributed by atoms with E-state index in [1.165, 1.54) is 0 Å². The fourth-order valence-corrected chi connectivity index (χ4v) is 1.76. The summed E-state index contributed by atoms with van der Waals surface area (Å²) < 4.78 is 0. The Labute approximate surface area is 89.4 Å². The van der Waals surface area contributed by atoms with E-state index in [9.17, 15) is 5.11 Å². The van der Waals surface area contributed by atoms with Crippen molar-refractivity contribution in [1.29, 1.82) is 0 Å². The van der Waals surface area contributed by atoms with Crippen molar-refractivity contribution in [2.75, 3.05) is 0 Å². The summed E-state index contributed by atoms with van der Waals surface area (Å²) in [5.41, 5.74) is 0.908. The summed E-state index contributed by atoms with van der Waals surface area (Å²) in [6.07, 6.45) is 4.99. The first-order valence-electron chi connectivity index (χ1n) is 4.92. The average Bonchev–Trinajstić information content (AvgIpc) is 2.28. The van der Waals surface area contributed by atoms with E-state index in [1.807, 2.05) is 42.5 Å². The lowest BCUT2D eigenvalue weighted by molar-refractivity contribution is 0.185. The van der Waals surface area contributed by atoms with E-state index in [2.05, 4.69) is 5.92 Å². The van der Waals surface area contributed by atoms with Crippen molar-refractivity contribution in [2.24, 2.45) is 0 Å². The average molecular weight is 196 g/mol. The first-order chi connectivity index (χ1) is 7.33. The molecule has 0 aliphatic heterocycles. The van der Waals surface area contributed by atoms with Crippen molar-refractivity contribution in [3.63, 3.8) is 0 Å². The number of aliphatic hydroxyl groups is 1. The third-order valence-corrected chi connectivity index (χ3v) is 2.49. The van der Waals surface area contributed by atoms with Gasteiger partial charge in [0.15, 0.2) is 0 Å². The van der Waals surface area contributed by atoms with Crippen molar-refractivity contribution in [2.45, 2.75) is 12.5 Å². The van der Waals surface area contributed by atoms with Gasteiger partial charge in [-0.2, -0.15) is 0 Å². The molecule has 1 nitrogen and oxygen atoms in total. The van der Waals surface area contributed by atoms with Gasteiger partial charge in [-0.15, -0.1) is 12.3 Å². The molecule has 0 spiro atoms. The monoisotopic (exact) mass is 196 g/mol. The first-order valence-corrected chi connectivity index (χ1v) is 4.92. The van der Waals surface area contributed by atoms with Gasteiger partial charge in [-0.25, -0.2) is 0 Å². The topological polar surface area (TPSA) is 20.2 Å². The molecule has 0 saturated carbocycles. The molecule has 2 rings (SSSR count). The Bertz CT molecular complexity index is 503. The van der Waals surface area contributed by atoms with E-state index in [-0.39, 0.29) is 0 Å². The predicted molar refractivity (Wildman–Crippen MR) is 62.4 cm³/mol. The number of hydrogen-bond donors (Lipinski definition) is 1. The number of terminal acetylenes is 1. The molecule has 15 heavy (non-hydrogen) atoms. The second-order valence-electron chi connectivity index (χ2n) is 3.49. The summed E-state index contributed by atoms with van der Waals surface area (Å²) in [5, 5.41) is 12.1.